The van der Waals surface area contributed by atoms with Gasteiger partial charge in [0.1, 0.15) is 11.9 Å². The fourth-order valence-electron chi connectivity index (χ4n) is 2.05. The maximum atomic E-state index is 11.8. The van der Waals surface area contributed by atoms with Crippen molar-refractivity contribution >= 4 is 12.1 Å². The first-order chi connectivity index (χ1) is 9.78. The highest BCUT2D eigenvalue weighted by molar-refractivity contribution is 5.84. The molecule has 1 aliphatic rings. The molecule has 1 aliphatic heterocycles. The van der Waals surface area contributed by atoms with Crippen molar-refractivity contribution in [3.05, 3.63) is 17.8 Å². The van der Waals surface area contributed by atoms with E-state index in [-0.39, 0.29) is 12.0 Å². The van der Waals surface area contributed by atoms with Gasteiger partial charge in [-0.05, 0) is 27.2 Å². The first-order valence-corrected chi connectivity index (χ1v) is 6.79. The van der Waals surface area contributed by atoms with Crippen LogP contribution in [0.2, 0.25) is 0 Å². The number of oxazole rings is 1. The van der Waals surface area contributed by atoms with Gasteiger partial charge in [0.15, 0.2) is 0 Å². The number of nitrogens with zero attached hydrogens (tertiary/aromatic N) is 2. The van der Waals surface area contributed by atoms with E-state index in [2.05, 4.69) is 9.72 Å². The van der Waals surface area contributed by atoms with Gasteiger partial charge in [-0.25, -0.2) is 14.6 Å². The topological polar surface area (TPSA) is 81.9 Å². The van der Waals surface area contributed by atoms with Gasteiger partial charge in [-0.2, -0.15) is 0 Å². The molecule has 7 nitrogen and oxygen atoms in total. The zero-order valence-electron chi connectivity index (χ0n) is 12.7. The predicted molar refractivity (Wildman–Crippen MR) is 72.8 cm³/mol. The average Bonchev–Trinajstić information content (AvgIpc) is 2.78. The summed E-state index contributed by atoms with van der Waals surface area (Å²) in [6.45, 7) is 6.76. The van der Waals surface area contributed by atoms with Crippen molar-refractivity contribution in [2.45, 2.75) is 32.8 Å². The Bertz CT molecular complexity index is 526. The Morgan fingerprint density at radius 1 is 1.43 bits per heavy atom. The van der Waals surface area contributed by atoms with Gasteiger partial charge in [0, 0.05) is 19.0 Å². The third-order valence-corrected chi connectivity index (χ3v) is 3.02. The van der Waals surface area contributed by atoms with Crippen molar-refractivity contribution in [2.75, 3.05) is 20.2 Å². The number of hydrogen-bond acceptors (Lipinski definition) is 6. The fraction of sp³-hybridized carbons (Fsp3) is 0.643. The first kappa shape index (κ1) is 15.3. The molecule has 0 N–H and O–H groups in total. The molecule has 116 valence electrons. The lowest BCUT2D eigenvalue weighted by molar-refractivity contribution is -0.00101. The quantitative estimate of drug-likeness (QED) is 0.792. The zero-order valence-corrected chi connectivity index (χ0v) is 12.7. The monoisotopic (exact) mass is 296 g/mol. The van der Waals surface area contributed by atoms with Gasteiger partial charge < -0.3 is 18.8 Å². The number of aromatic nitrogens is 1. The summed E-state index contributed by atoms with van der Waals surface area (Å²) in [5.74, 6) is -0.339. The Kier molecular flexibility index (Phi) is 4.20. The van der Waals surface area contributed by atoms with Crippen LogP contribution < -0.4 is 0 Å². The number of rotatable bonds is 3. The van der Waals surface area contributed by atoms with Gasteiger partial charge in [0.25, 0.3) is 0 Å². The van der Waals surface area contributed by atoms with Crippen LogP contribution in [0.1, 0.15) is 37.2 Å². The normalized spacial score (nSPS) is 15.5. The minimum Gasteiger partial charge on any atom is -0.462 e. The van der Waals surface area contributed by atoms with Crippen LogP contribution in [-0.2, 0) is 15.9 Å². The molecular weight excluding hydrogens is 276 g/mol. The largest absolute Gasteiger partial charge is 0.462 e. The lowest BCUT2D eigenvalue weighted by Gasteiger charge is -2.39. The number of carbonyl (C=O) groups excluding carboxylic acids is 2. The summed E-state index contributed by atoms with van der Waals surface area (Å²) in [5.41, 5.74) is 0.202. The molecular formula is C14H20N2O5. The van der Waals surface area contributed by atoms with Crippen molar-refractivity contribution in [1.82, 2.24) is 9.88 Å². The van der Waals surface area contributed by atoms with Crippen LogP contribution >= 0.6 is 0 Å². The molecule has 2 rings (SSSR count). The smallest absolute Gasteiger partial charge is 0.410 e. The van der Waals surface area contributed by atoms with Crippen molar-refractivity contribution in [1.29, 1.82) is 0 Å². The highest BCUT2D eigenvalue weighted by Gasteiger charge is 2.34. The van der Waals surface area contributed by atoms with Gasteiger partial charge in [0.05, 0.1) is 12.8 Å². The van der Waals surface area contributed by atoms with Crippen molar-refractivity contribution in [2.24, 2.45) is 5.92 Å². The molecule has 1 aromatic rings. The standard InChI is InChI=1S/C14H20N2O5/c1-14(2,3)21-13(18)16-6-9(7-16)5-10-8-20-11(15-10)12(17)19-4/h8-9H,5-7H2,1-4H3. The Labute approximate surface area is 123 Å². The maximum Gasteiger partial charge on any atom is 0.410 e. The SMILES string of the molecule is COC(=O)c1nc(CC2CN(C(=O)OC(C)(C)C)C2)co1. The van der Waals surface area contributed by atoms with E-state index in [0.717, 1.165) is 0 Å². The van der Waals surface area contributed by atoms with Crippen LogP contribution in [0, 0.1) is 5.92 Å². The first-order valence-electron chi connectivity index (χ1n) is 6.79. The van der Waals surface area contributed by atoms with E-state index in [1.807, 2.05) is 20.8 Å². The van der Waals surface area contributed by atoms with Crippen LogP contribution in [0.3, 0.4) is 0 Å². The van der Waals surface area contributed by atoms with Gasteiger partial charge in [-0.1, -0.05) is 0 Å². The molecule has 1 saturated heterocycles. The molecule has 0 saturated carbocycles. The zero-order chi connectivity index (χ0) is 15.6. The van der Waals surface area contributed by atoms with E-state index in [4.69, 9.17) is 9.15 Å². The summed E-state index contributed by atoms with van der Waals surface area (Å²) in [5, 5.41) is 0. The molecule has 1 aromatic heterocycles. The number of methoxy groups -OCH3 is 1. The number of hydrogen-bond donors (Lipinski definition) is 0. The molecule has 0 aromatic carbocycles. The van der Waals surface area contributed by atoms with Crippen molar-refractivity contribution < 1.29 is 23.5 Å². The number of amides is 1. The number of esters is 1. The summed E-state index contributed by atoms with van der Waals surface area (Å²) in [7, 11) is 1.27. The molecule has 21 heavy (non-hydrogen) atoms. The predicted octanol–water partition coefficient (Wildman–Crippen LogP) is 1.87. The van der Waals surface area contributed by atoms with E-state index in [1.165, 1.54) is 13.4 Å². The minimum absolute atomic E-state index is 0.0455. The van der Waals surface area contributed by atoms with Gasteiger partial charge in [-0.3, -0.25) is 0 Å². The molecule has 0 aliphatic carbocycles. The number of likely N-dealkylation sites (tertiary alicyclic amines) is 1. The molecule has 2 heterocycles. The Morgan fingerprint density at radius 2 is 2.10 bits per heavy atom. The number of ether oxygens (including phenoxy) is 2. The van der Waals surface area contributed by atoms with Crippen molar-refractivity contribution in [3.63, 3.8) is 0 Å². The summed E-state index contributed by atoms with van der Waals surface area (Å²) in [4.78, 5) is 28.7. The molecule has 7 heteroatoms. The lowest BCUT2D eigenvalue weighted by Crippen LogP contribution is -2.52. The average molecular weight is 296 g/mol. The van der Waals surface area contributed by atoms with E-state index in [0.29, 0.717) is 31.1 Å². The van der Waals surface area contributed by atoms with E-state index >= 15 is 0 Å². The summed E-state index contributed by atoms with van der Waals surface area (Å²) in [6.07, 6.45) is 1.80. The lowest BCUT2D eigenvalue weighted by atomic mass is 9.95. The summed E-state index contributed by atoms with van der Waals surface area (Å²) >= 11 is 0. The second-order valence-corrected chi connectivity index (χ2v) is 6.09. The van der Waals surface area contributed by atoms with Gasteiger partial charge >= 0.3 is 18.0 Å². The summed E-state index contributed by atoms with van der Waals surface area (Å²) < 4.78 is 14.8. The molecule has 0 spiro atoms. The van der Waals surface area contributed by atoms with Crippen LogP contribution in [0.25, 0.3) is 0 Å². The highest BCUT2D eigenvalue weighted by atomic mass is 16.6. The van der Waals surface area contributed by atoms with Gasteiger partial charge in [-0.15, -0.1) is 0 Å². The van der Waals surface area contributed by atoms with Crippen LogP contribution in [0.15, 0.2) is 10.7 Å². The molecule has 0 unspecified atom stereocenters. The van der Waals surface area contributed by atoms with E-state index in [9.17, 15) is 9.59 Å². The third kappa shape index (κ3) is 3.96. The van der Waals surface area contributed by atoms with Gasteiger partial charge in [0.2, 0.25) is 0 Å². The van der Waals surface area contributed by atoms with Crippen molar-refractivity contribution in [3.8, 4) is 0 Å². The van der Waals surface area contributed by atoms with Crippen LogP contribution in [0.4, 0.5) is 4.79 Å². The van der Waals surface area contributed by atoms with Crippen LogP contribution in [-0.4, -0.2) is 47.7 Å². The third-order valence-electron chi connectivity index (χ3n) is 3.02. The summed E-state index contributed by atoms with van der Waals surface area (Å²) in [6, 6.07) is 0. The Morgan fingerprint density at radius 3 is 2.67 bits per heavy atom. The Hall–Kier alpha value is -2.05. The highest BCUT2D eigenvalue weighted by Crippen LogP contribution is 2.22. The molecule has 1 amide bonds. The second kappa shape index (κ2) is 5.75. The fourth-order valence-corrected chi connectivity index (χ4v) is 2.05. The number of carbonyl (C=O) groups is 2. The molecule has 0 radical (unpaired) electrons. The molecule has 0 atom stereocenters. The van der Waals surface area contributed by atoms with E-state index < -0.39 is 11.6 Å². The minimum atomic E-state index is -0.592. The Balaban J connectivity index is 1.79. The van der Waals surface area contributed by atoms with E-state index in [1.54, 1.807) is 4.90 Å². The molecule has 0 bridgehead atoms. The second-order valence-electron chi connectivity index (χ2n) is 6.09. The van der Waals surface area contributed by atoms with Crippen LogP contribution in [0.5, 0.6) is 0 Å². The molecule has 1 fully saturated rings. The maximum absolute atomic E-state index is 11.8.